The predicted molar refractivity (Wildman–Crippen MR) is 127 cm³/mol. The largest absolute Gasteiger partial charge is 0.462 e. The molecule has 0 N–H and O–H groups in total. The molecule has 0 aromatic heterocycles. The first-order chi connectivity index (χ1) is 15.0. The van der Waals surface area contributed by atoms with E-state index in [4.69, 9.17) is 9.47 Å². The maximum absolute atomic E-state index is 12.7. The van der Waals surface area contributed by atoms with Crippen LogP contribution in [-0.4, -0.2) is 49.7 Å². The number of esters is 2. The predicted octanol–water partition coefficient (Wildman–Crippen LogP) is 6.14. The molecule has 2 unspecified atom stereocenters. The van der Waals surface area contributed by atoms with Gasteiger partial charge in [0.05, 0.1) is 11.8 Å². The van der Waals surface area contributed by atoms with Crippen molar-refractivity contribution in [2.45, 2.75) is 117 Å². The zero-order chi connectivity index (χ0) is 22.9. The Labute approximate surface area is 191 Å². The molecule has 0 radical (unpaired) electrons. The average molecular weight is 440 g/mol. The lowest BCUT2D eigenvalue weighted by Gasteiger charge is -2.28. The van der Waals surface area contributed by atoms with Gasteiger partial charge in [0, 0.05) is 0 Å². The van der Waals surface area contributed by atoms with Crippen molar-refractivity contribution in [3.8, 4) is 0 Å². The SMILES string of the molecule is CCCCCCCCC(CCCCCC)C(=O)OCC(C)OC(=O)C1CCN(C)CC1. The topological polar surface area (TPSA) is 55.8 Å². The van der Waals surface area contributed by atoms with E-state index in [0.29, 0.717) is 0 Å². The molecular weight excluding hydrogens is 390 g/mol. The molecule has 1 aliphatic heterocycles. The lowest BCUT2D eigenvalue weighted by atomic mass is 9.94. The Bertz CT molecular complexity index is 474. The molecule has 0 spiro atoms. The second-order valence-corrected chi connectivity index (χ2v) is 9.56. The zero-order valence-electron chi connectivity index (χ0n) is 20.8. The number of hydrogen-bond acceptors (Lipinski definition) is 5. The minimum absolute atomic E-state index is 0.0141. The summed E-state index contributed by atoms with van der Waals surface area (Å²) in [6.45, 7) is 8.29. The molecule has 1 aliphatic rings. The summed E-state index contributed by atoms with van der Waals surface area (Å²) in [5.41, 5.74) is 0. The van der Waals surface area contributed by atoms with E-state index in [1.54, 1.807) is 0 Å². The highest BCUT2D eigenvalue weighted by Crippen LogP contribution is 2.21. The van der Waals surface area contributed by atoms with Gasteiger partial charge in [-0.2, -0.15) is 0 Å². The van der Waals surface area contributed by atoms with E-state index in [0.717, 1.165) is 51.6 Å². The number of hydrogen-bond donors (Lipinski definition) is 0. The molecule has 0 aromatic carbocycles. The van der Waals surface area contributed by atoms with Crippen molar-refractivity contribution in [1.29, 1.82) is 0 Å². The number of ether oxygens (including phenoxy) is 2. The molecule has 0 amide bonds. The van der Waals surface area contributed by atoms with Gasteiger partial charge >= 0.3 is 11.9 Å². The van der Waals surface area contributed by atoms with E-state index < -0.39 is 0 Å². The van der Waals surface area contributed by atoms with Crippen LogP contribution in [0, 0.1) is 11.8 Å². The van der Waals surface area contributed by atoms with Crippen LogP contribution in [0.25, 0.3) is 0 Å². The minimum atomic E-state index is -0.383. The maximum atomic E-state index is 12.7. The van der Waals surface area contributed by atoms with E-state index in [-0.39, 0.29) is 36.5 Å². The van der Waals surface area contributed by atoms with Gasteiger partial charge < -0.3 is 14.4 Å². The van der Waals surface area contributed by atoms with Gasteiger partial charge in [-0.1, -0.05) is 78.1 Å². The van der Waals surface area contributed by atoms with E-state index in [1.165, 1.54) is 51.4 Å². The Morgan fingerprint density at radius 1 is 0.871 bits per heavy atom. The number of carbonyl (C=O) groups is 2. The Hall–Kier alpha value is -1.10. The molecule has 1 fully saturated rings. The van der Waals surface area contributed by atoms with E-state index in [1.807, 2.05) is 6.92 Å². The molecule has 1 saturated heterocycles. The average Bonchev–Trinajstić information content (AvgIpc) is 2.76. The van der Waals surface area contributed by atoms with Crippen LogP contribution in [0.15, 0.2) is 0 Å². The first-order valence-electron chi connectivity index (χ1n) is 13.0. The van der Waals surface area contributed by atoms with Gasteiger partial charge in [0.25, 0.3) is 0 Å². The van der Waals surface area contributed by atoms with Crippen LogP contribution in [0.1, 0.15) is 111 Å². The number of rotatable bonds is 17. The second-order valence-electron chi connectivity index (χ2n) is 9.56. The molecule has 5 heteroatoms. The van der Waals surface area contributed by atoms with Gasteiger partial charge in [0.15, 0.2) is 0 Å². The highest BCUT2D eigenvalue weighted by Gasteiger charge is 2.27. The molecule has 1 heterocycles. The van der Waals surface area contributed by atoms with Gasteiger partial charge in [-0.05, 0) is 52.7 Å². The van der Waals surface area contributed by atoms with Crippen molar-refractivity contribution in [3.05, 3.63) is 0 Å². The third-order valence-electron chi connectivity index (χ3n) is 6.48. The van der Waals surface area contributed by atoms with Gasteiger partial charge in [-0.3, -0.25) is 9.59 Å². The second kappa shape index (κ2) is 17.5. The Balaban J connectivity index is 2.35. The Morgan fingerprint density at radius 2 is 1.39 bits per heavy atom. The minimum Gasteiger partial charge on any atom is -0.462 e. The highest BCUT2D eigenvalue weighted by molar-refractivity contribution is 5.73. The smallest absolute Gasteiger partial charge is 0.309 e. The summed E-state index contributed by atoms with van der Waals surface area (Å²) < 4.78 is 11.2. The lowest BCUT2D eigenvalue weighted by molar-refractivity contribution is -0.164. The van der Waals surface area contributed by atoms with E-state index in [9.17, 15) is 9.59 Å². The van der Waals surface area contributed by atoms with Crippen molar-refractivity contribution in [2.75, 3.05) is 26.7 Å². The van der Waals surface area contributed by atoms with Crippen LogP contribution in [0.4, 0.5) is 0 Å². The van der Waals surface area contributed by atoms with Gasteiger partial charge in [0.1, 0.15) is 12.7 Å². The Kier molecular flexibility index (Phi) is 15.7. The summed E-state index contributed by atoms with van der Waals surface area (Å²) in [4.78, 5) is 27.3. The van der Waals surface area contributed by atoms with Crippen LogP contribution in [0.5, 0.6) is 0 Å². The van der Waals surface area contributed by atoms with Crippen molar-refractivity contribution >= 4 is 11.9 Å². The standard InChI is InChI=1S/C26H49NO4/c1-5-7-9-11-12-14-16-23(15-13-10-8-6-2)25(28)30-21-22(3)31-26(29)24-17-19-27(4)20-18-24/h22-24H,5-21H2,1-4H3. The molecule has 2 atom stereocenters. The number of piperidine rings is 1. The summed E-state index contributed by atoms with van der Waals surface area (Å²) in [6, 6.07) is 0. The molecule has 0 aliphatic carbocycles. The molecular formula is C26H49NO4. The maximum Gasteiger partial charge on any atom is 0.309 e. The van der Waals surface area contributed by atoms with Crippen LogP contribution in [0.3, 0.4) is 0 Å². The lowest BCUT2D eigenvalue weighted by Crippen LogP contribution is -2.36. The summed E-state index contributed by atoms with van der Waals surface area (Å²) in [7, 11) is 2.08. The number of unbranched alkanes of at least 4 members (excludes halogenated alkanes) is 8. The van der Waals surface area contributed by atoms with Crippen molar-refractivity contribution in [1.82, 2.24) is 4.90 Å². The van der Waals surface area contributed by atoms with E-state index >= 15 is 0 Å². The van der Waals surface area contributed by atoms with Crippen molar-refractivity contribution in [3.63, 3.8) is 0 Å². The summed E-state index contributed by atoms with van der Waals surface area (Å²) in [5.74, 6) is -0.278. The van der Waals surface area contributed by atoms with Crippen LogP contribution in [-0.2, 0) is 19.1 Å². The van der Waals surface area contributed by atoms with Crippen LogP contribution >= 0.6 is 0 Å². The fourth-order valence-electron chi connectivity index (χ4n) is 4.26. The summed E-state index contributed by atoms with van der Waals surface area (Å²) in [6.07, 6.45) is 15.2. The number of carbonyl (C=O) groups excluding carboxylic acids is 2. The van der Waals surface area contributed by atoms with Crippen LogP contribution in [0.2, 0.25) is 0 Å². The third kappa shape index (κ3) is 13.1. The van der Waals surface area contributed by atoms with Crippen LogP contribution < -0.4 is 0 Å². The highest BCUT2D eigenvalue weighted by atomic mass is 16.6. The molecule has 182 valence electrons. The molecule has 0 saturated carbocycles. The zero-order valence-corrected chi connectivity index (χ0v) is 20.8. The van der Waals surface area contributed by atoms with Crippen molar-refractivity contribution in [2.24, 2.45) is 11.8 Å². The first-order valence-corrected chi connectivity index (χ1v) is 13.0. The molecule has 0 bridgehead atoms. The fourth-order valence-corrected chi connectivity index (χ4v) is 4.26. The number of nitrogens with zero attached hydrogens (tertiary/aromatic N) is 1. The van der Waals surface area contributed by atoms with Gasteiger partial charge in [0.2, 0.25) is 0 Å². The van der Waals surface area contributed by atoms with E-state index in [2.05, 4.69) is 25.8 Å². The quantitative estimate of drug-likeness (QED) is 0.201. The molecule has 1 rings (SSSR count). The Morgan fingerprint density at radius 3 is 1.97 bits per heavy atom. The summed E-state index contributed by atoms with van der Waals surface area (Å²) in [5, 5.41) is 0. The number of likely N-dealkylation sites (tertiary alicyclic amines) is 1. The third-order valence-corrected chi connectivity index (χ3v) is 6.48. The van der Waals surface area contributed by atoms with Gasteiger partial charge in [-0.15, -0.1) is 0 Å². The monoisotopic (exact) mass is 439 g/mol. The summed E-state index contributed by atoms with van der Waals surface area (Å²) >= 11 is 0. The molecule has 31 heavy (non-hydrogen) atoms. The molecule has 0 aromatic rings. The van der Waals surface area contributed by atoms with Gasteiger partial charge in [-0.25, -0.2) is 0 Å². The van der Waals surface area contributed by atoms with Crippen molar-refractivity contribution < 1.29 is 19.1 Å². The first kappa shape index (κ1) is 27.9. The normalized spacial score (nSPS) is 17.3. The molecule has 5 nitrogen and oxygen atoms in total. The fraction of sp³-hybridized carbons (Fsp3) is 0.923.